The lowest BCUT2D eigenvalue weighted by atomic mass is 10.1. The van der Waals surface area contributed by atoms with Crippen LogP contribution in [0.15, 0.2) is 48.8 Å². The zero-order valence-corrected chi connectivity index (χ0v) is 29.0. The summed E-state index contributed by atoms with van der Waals surface area (Å²) >= 11 is 0. The van der Waals surface area contributed by atoms with Crippen LogP contribution in [0.2, 0.25) is 0 Å². The average Bonchev–Trinajstić information content (AvgIpc) is 3.08. The summed E-state index contributed by atoms with van der Waals surface area (Å²) in [6.45, 7) is 10.3. The van der Waals surface area contributed by atoms with Gasteiger partial charge in [-0.3, -0.25) is 9.59 Å². The number of benzene rings is 1. The molecule has 2 aromatic rings. The quantitative estimate of drug-likeness (QED) is 0.0760. The van der Waals surface area contributed by atoms with Crippen molar-refractivity contribution < 1.29 is 33.5 Å². The molecule has 0 aliphatic rings. The third kappa shape index (κ3) is 20.6. The molecule has 1 aromatic heterocycles. The predicted octanol–water partition coefficient (Wildman–Crippen LogP) is 6.53. The van der Waals surface area contributed by atoms with Gasteiger partial charge in [0.2, 0.25) is 5.91 Å². The molecule has 0 aliphatic heterocycles. The number of anilines is 1. The van der Waals surface area contributed by atoms with Gasteiger partial charge < -0.3 is 29.5 Å². The van der Waals surface area contributed by atoms with E-state index in [2.05, 4.69) is 89.6 Å². The van der Waals surface area contributed by atoms with Crippen molar-refractivity contribution in [2.45, 2.75) is 91.0 Å². The number of unbranched alkanes of at least 4 members (excludes halogenated alkanes) is 6. The van der Waals surface area contributed by atoms with Gasteiger partial charge in [-0.2, -0.15) is 0 Å². The van der Waals surface area contributed by atoms with Crippen molar-refractivity contribution in [1.29, 1.82) is 0 Å². The number of aromatic nitrogens is 1. The first kappa shape index (κ1) is 39.9. The van der Waals surface area contributed by atoms with Gasteiger partial charge >= 0.3 is 5.97 Å². The molecule has 1 aromatic carbocycles. The van der Waals surface area contributed by atoms with E-state index in [4.69, 9.17) is 19.3 Å². The highest BCUT2D eigenvalue weighted by molar-refractivity contribution is 5.75. The minimum absolute atomic E-state index is 0.00691. The summed E-state index contributed by atoms with van der Waals surface area (Å²) < 4.78 is 18.1. The first-order valence-electron chi connectivity index (χ1n) is 17.8. The zero-order valence-electron chi connectivity index (χ0n) is 29.0. The standard InChI is InChI=1S/C38H59N3O6/c1-3-5-7-9-24-41(25-10-8-6-4-2)36-17-15-34(16-18-36)13-14-35-19-26-40(27-20-35)23-11-12-37(42)39-22-29-46-31-33-47-32-30-45-28-21-38(43)44/h13-20,26-27H,3-12,21-25,28-33H2,1-2H3,(H-,39,42,43,44)/p+1. The smallest absolute Gasteiger partial charge is 0.305 e. The molecule has 9 heteroatoms. The van der Waals surface area contributed by atoms with Crippen LogP contribution < -0.4 is 14.8 Å². The van der Waals surface area contributed by atoms with E-state index in [9.17, 15) is 9.59 Å². The van der Waals surface area contributed by atoms with Crippen LogP contribution in [0.5, 0.6) is 0 Å². The van der Waals surface area contributed by atoms with Gasteiger partial charge in [-0.05, 0) is 36.1 Å². The average molecular weight is 655 g/mol. The number of nitrogens with zero attached hydrogens (tertiary/aromatic N) is 2. The van der Waals surface area contributed by atoms with Gasteiger partial charge in [0.15, 0.2) is 12.4 Å². The maximum absolute atomic E-state index is 12.1. The highest BCUT2D eigenvalue weighted by Crippen LogP contribution is 2.19. The minimum atomic E-state index is -0.875. The normalized spacial score (nSPS) is 11.3. The maximum atomic E-state index is 12.1. The lowest BCUT2D eigenvalue weighted by Crippen LogP contribution is -2.34. The molecule has 0 aliphatic carbocycles. The van der Waals surface area contributed by atoms with Crippen LogP contribution in [-0.4, -0.2) is 76.3 Å². The summed E-state index contributed by atoms with van der Waals surface area (Å²) in [5.74, 6) is -0.856. The number of carbonyl (C=O) groups excluding carboxylic acids is 1. The van der Waals surface area contributed by atoms with Crippen molar-refractivity contribution in [2.24, 2.45) is 0 Å². The van der Waals surface area contributed by atoms with Gasteiger partial charge in [0.25, 0.3) is 0 Å². The maximum Gasteiger partial charge on any atom is 0.305 e. The molecular formula is C38H60N3O6+. The van der Waals surface area contributed by atoms with Crippen molar-refractivity contribution in [1.82, 2.24) is 5.32 Å². The van der Waals surface area contributed by atoms with Crippen LogP contribution in [0.1, 0.15) is 95.6 Å². The molecule has 0 saturated heterocycles. The number of hydrogen-bond donors (Lipinski definition) is 2. The first-order valence-corrected chi connectivity index (χ1v) is 17.8. The Bertz CT molecular complexity index is 1100. The third-order valence-corrected chi connectivity index (χ3v) is 7.80. The van der Waals surface area contributed by atoms with Crippen LogP contribution >= 0.6 is 0 Å². The third-order valence-electron chi connectivity index (χ3n) is 7.80. The second kappa shape index (κ2) is 26.8. The van der Waals surface area contributed by atoms with Gasteiger partial charge in [0.05, 0.1) is 46.1 Å². The van der Waals surface area contributed by atoms with E-state index < -0.39 is 5.97 Å². The fourth-order valence-corrected chi connectivity index (χ4v) is 5.02. The van der Waals surface area contributed by atoms with Crippen LogP contribution in [0, 0.1) is 0 Å². The van der Waals surface area contributed by atoms with Gasteiger partial charge in [0.1, 0.15) is 6.54 Å². The van der Waals surface area contributed by atoms with E-state index in [1.54, 1.807) is 0 Å². The van der Waals surface area contributed by atoms with Gasteiger partial charge in [-0.1, -0.05) is 76.7 Å². The fourth-order valence-electron chi connectivity index (χ4n) is 5.02. The summed E-state index contributed by atoms with van der Waals surface area (Å²) in [6, 6.07) is 13.2. The molecular weight excluding hydrogens is 594 g/mol. The second-order valence-corrected chi connectivity index (χ2v) is 11.8. The number of nitrogens with one attached hydrogen (secondary N) is 1. The topological polar surface area (TPSA) is 101 Å². The number of rotatable bonds is 29. The Kier molecular flexibility index (Phi) is 22.7. The molecule has 0 fully saturated rings. The molecule has 0 unspecified atom stereocenters. The Hall–Kier alpha value is -3.27. The van der Waals surface area contributed by atoms with E-state index >= 15 is 0 Å². The van der Waals surface area contributed by atoms with E-state index in [0.717, 1.165) is 31.6 Å². The molecule has 0 atom stereocenters. The molecule has 262 valence electrons. The molecule has 0 radical (unpaired) electrons. The number of ether oxygens (including phenoxy) is 3. The van der Waals surface area contributed by atoms with Crippen molar-refractivity contribution in [3.8, 4) is 0 Å². The molecule has 2 N–H and O–H groups in total. The number of hydrogen-bond acceptors (Lipinski definition) is 6. The summed E-state index contributed by atoms with van der Waals surface area (Å²) in [7, 11) is 0. The fraction of sp³-hybridized carbons (Fsp3) is 0.605. The number of aryl methyl sites for hydroxylation is 1. The Morgan fingerprint density at radius 1 is 0.702 bits per heavy atom. The Morgan fingerprint density at radius 2 is 1.26 bits per heavy atom. The van der Waals surface area contributed by atoms with E-state index in [1.807, 2.05) is 0 Å². The largest absolute Gasteiger partial charge is 0.481 e. The van der Waals surface area contributed by atoms with Crippen LogP contribution in [0.4, 0.5) is 5.69 Å². The molecule has 0 saturated carbocycles. The molecule has 0 spiro atoms. The minimum Gasteiger partial charge on any atom is -0.481 e. The van der Waals surface area contributed by atoms with Crippen LogP contribution in [0.25, 0.3) is 12.2 Å². The summed E-state index contributed by atoms with van der Waals surface area (Å²) in [4.78, 5) is 25.1. The highest BCUT2D eigenvalue weighted by atomic mass is 16.5. The lowest BCUT2D eigenvalue weighted by Gasteiger charge is -2.25. The second-order valence-electron chi connectivity index (χ2n) is 11.8. The van der Waals surface area contributed by atoms with E-state index in [1.165, 1.54) is 62.6 Å². The van der Waals surface area contributed by atoms with Gasteiger partial charge in [-0.15, -0.1) is 0 Å². The number of amides is 1. The van der Waals surface area contributed by atoms with Crippen LogP contribution in [0.3, 0.4) is 0 Å². The molecule has 9 nitrogen and oxygen atoms in total. The Balaban J connectivity index is 1.61. The van der Waals surface area contributed by atoms with Gasteiger partial charge in [-0.25, -0.2) is 4.57 Å². The Labute approximate surface area is 283 Å². The highest BCUT2D eigenvalue weighted by Gasteiger charge is 2.07. The molecule has 1 amide bonds. The van der Waals surface area contributed by atoms with Gasteiger partial charge in [0, 0.05) is 50.3 Å². The molecule has 0 bridgehead atoms. The Morgan fingerprint density at radius 3 is 1.83 bits per heavy atom. The monoisotopic (exact) mass is 654 g/mol. The SMILES string of the molecule is CCCCCCN(CCCCCC)c1ccc(/C=C/c2cc[n+](CCCC(=O)NCCOCCOCCOCCC(=O)O)cc2)cc1. The zero-order chi connectivity index (χ0) is 33.8. The molecule has 47 heavy (non-hydrogen) atoms. The number of aliphatic carboxylic acids is 1. The summed E-state index contributed by atoms with van der Waals surface area (Å²) in [5, 5.41) is 11.4. The summed E-state index contributed by atoms with van der Waals surface area (Å²) in [5.41, 5.74) is 3.67. The van der Waals surface area contributed by atoms with E-state index in [-0.39, 0.29) is 18.9 Å². The molecule has 2 rings (SSSR count). The number of carbonyl (C=O) groups is 2. The predicted molar refractivity (Wildman–Crippen MR) is 189 cm³/mol. The number of carboxylic acid groups (broad SMARTS) is 1. The first-order chi connectivity index (χ1) is 23.0. The van der Waals surface area contributed by atoms with Crippen molar-refractivity contribution >= 4 is 29.7 Å². The molecule has 1 heterocycles. The number of carboxylic acids is 1. The van der Waals surface area contributed by atoms with Crippen LogP contribution in [-0.2, 0) is 30.3 Å². The van der Waals surface area contributed by atoms with Crippen molar-refractivity contribution in [3.63, 3.8) is 0 Å². The lowest BCUT2D eigenvalue weighted by molar-refractivity contribution is -0.697. The van der Waals surface area contributed by atoms with E-state index in [0.29, 0.717) is 46.0 Å². The number of pyridine rings is 1. The summed E-state index contributed by atoms with van der Waals surface area (Å²) in [6.07, 6.45) is 20.0. The van der Waals surface area contributed by atoms with Crippen molar-refractivity contribution in [3.05, 3.63) is 59.9 Å². The van der Waals surface area contributed by atoms with Crippen molar-refractivity contribution in [2.75, 3.05) is 64.2 Å².